The molecule has 5 nitrogen and oxygen atoms in total. The molecule has 0 bridgehead atoms. The smallest absolute Gasteiger partial charge is 0.352 e. The average molecular weight is 238 g/mol. The monoisotopic (exact) mass is 238 g/mol. The van der Waals surface area contributed by atoms with Gasteiger partial charge in [-0.2, -0.15) is 0 Å². The van der Waals surface area contributed by atoms with Crippen LogP contribution in [0, 0.1) is 0 Å². The topological polar surface area (TPSA) is 62.5 Å². The van der Waals surface area contributed by atoms with Crippen molar-refractivity contribution in [1.82, 2.24) is 9.47 Å². The summed E-state index contributed by atoms with van der Waals surface area (Å²) in [7, 11) is 3.85. The summed E-state index contributed by atoms with van der Waals surface area (Å²) in [5, 5.41) is 9.10. The summed E-state index contributed by atoms with van der Waals surface area (Å²) >= 11 is 0. The maximum Gasteiger partial charge on any atom is 0.352 e. The number of likely N-dealkylation sites (N-methyl/N-ethyl adjacent to an activating group) is 1. The number of hydrogen-bond acceptors (Lipinski definition) is 3. The maximum atomic E-state index is 11.3. The van der Waals surface area contributed by atoms with Gasteiger partial charge in [0, 0.05) is 24.3 Å². The standard InChI is InChI=1S/C12H18N2O3/c1-8(6-13(3)4)14-7-10(9(2)15)5-11(14)12(16)17/h5,7-8H,6H2,1-4H3,(H,16,17). The summed E-state index contributed by atoms with van der Waals surface area (Å²) in [5.74, 6) is -1.13. The van der Waals surface area contributed by atoms with Gasteiger partial charge in [-0.05, 0) is 34.0 Å². The summed E-state index contributed by atoms with van der Waals surface area (Å²) in [6.07, 6.45) is 1.61. The van der Waals surface area contributed by atoms with Crippen molar-refractivity contribution in [2.75, 3.05) is 20.6 Å². The zero-order valence-electron chi connectivity index (χ0n) is 10.6. The van der Waals surface area contributed by atoms with Gasteiger partial charge in [0.15, 0.2) is 5.78 Å². The van der Waals surface area contributed by atoms with Gasteiger partial charge < -0.3 is 14.6 Å². The van der Waals surface area contributed by atoms with Gasteiger partial charge in [0.2, 0.25) is 0 Å². The Morgan fingerprint density at radius 3 is 2.47 bits per heavy atom. The molecular formula is C12H18N2O3. The van der Waals surface area contributed by atoms with Crippen molar-refractivity contribution in [3.63, 3.8) is 0 Å². The number of nitrogens with zero attached hydrogens (tertiary/aromatic N) is 2. The molecule has 1 heterocycles. The fourth-order valence-electron chi connectivity index (χ4n) is 1.82. The van der Waals surface area contributed by atoms with Gasteiger partial charge in [-0.3, -0.25) is 4.79 Å². The van der Waals surface area contributed by atoms with E-state index in [4.69, 9.17) is 5.11 Å². The molecule has 0 aliphatic heterocycles. The lowest BCUT2D eigenvalue weighted by Gasteiger charge is -2.19. The number of aromatic nitrogens is 1. The lowest BCUT2D eigenvalue weighted by atomic mass is 10.2. The zero-order valence-corrected chi connectivity index (χ0v) is 10.6. The molecule has 0 amide bonds. The first-order chi connectivity index (χ1) is 7.82. The normalized spacial score (nSPS) is 12.8. The predicted octanol–water partition coefficient (Wildman–Crippen LogP) is 1.51. The molecule has 1 aromatic heterocycles. The minimum absolute atomic E-state index is 0.00389. The van der Waals surface area contributed by atoms with Crippen LogP contribution in [0.3, 0.4) is 0 Å². The molecule has 1 unspecified atom stereocenters. The van der Waals surface area contributed by atoms with Crippen molar-refractivity contribution in [2.24, 2.45) is 0 Å². The molecule has 0 fully saturated rings. The second-order valence-corrected chi connectivity index (χ2v) is 4.49. The predicted molar refractivity (Wildman–Crippen MR) is 64.7 cm³/mol. The Bertz CT molecular complexity index is 435. The lowest BCUT2D eigenvalue weighted by Crippen LogP contribution is -2.24. The van der Waals surface area contributed by atoms with Crippen LogP contribution in [0.2, 0.25) is 0 Å². The van der Waals surface area contributed by atoms with E-state index in [0.717, 1.165) is 0 Å². The number of rotatable bonds is 5. The highest BCUT2D eigenvalue weighted by molar-refractivity contribution is 5.97. The molecule has 1 atom stereocenters. The molecule has 0 saturated heterocycles. The Morgan fingerprint density at radius 2 is 2.06 bits per heavy atom. The fourth-order valence-corrected chi connectivity index (χ4v) is 1.82. The Balaban J connectivity index is 3.12. The summed E-state index contributed by atoms with van der Waals surface area (Å²) in [5.41, 5.74) is 0.595. The van der Waals surface area contributed by atoms with Gasteiger partial charge in [-0.1, -0.05) is 0 Å². The molecule has 0 spiro atoms. The number of ketones is 1. The quantitative estimate of drug-likeness (QED) is 0.790. The minimum Gasteiger partial charge on any atom is -0.477 e. The van der Waals surface area contributed by atoms with Crippen molar-refractivity contribution >= 4 is 11.8 Å². The van der Waals surface area contributed by atoms with Crippen molar-refractivity contribution in [3.05, 3.63) is 23.5 Å². The first-order valence-corrected chi connectivity index (χ1v) is 5.43. The van der Waals surface area contributed by atoms with E-state index in [1.807, 2.05) is 25.9 Å². The van der Waals surface area contributed by atoms with Crippen molar-refractivity contribution in [2.45, 2.75) is 19.9 Å². The minimum atomic E-state index is -1.01. The molecular weight excluding hydrogens is 220 g/mol. The van der Waals surface area contributed by atoms with Gasteiger partial charge in [-0.15, -0.1) is 0 Å². The van der Waals surface area contributed by atoms with Crippen molar-refractivity contribution in [1.29, 1.82) is 0 Å². The van der Waals surface area contributed by atoms with E-state index in [1.165, 1.54) is 13.0 Å². The van der Waals surface area contributed by atoms with E-state index in [-0.39, 0.29) is 17.5 Å². The van der Waals surface area contributed by atoms with Crippen LogP contribution in [0.25, 0.3) is 0 Å². The molecule has 0 aliphatic rings. The second kappa shape index (κ2) is 5.14. The molecule has 0 aliphatic carbocycles. The summed E-state index contributed by atoms with van der Waals surface area (Å²) in [6.45, 7) is 4.07. The number of carbonyl (C=O) groups excluding carboxylic acids is 1. The maximum absolute atomic E-state index is 11.3. The summed E-state index contributed by atoms with van der Waals surface area (Å²) in [6, 6.07) is 1.43. The first kappa shape index (κ1) is 13.4. The van der Waals surface area contributed by atoms with E-state index >= 15 is 0 Å². The fraction of sp³-hybridized carbons (Fsp3) is 0.500. The molecule has 17 heavy (non-hydrogen) atoms. The highest BCUT2D eigenvalue weighted by Gasteiger charge is 2.18. The van der Waals surface area contributed by atoms with Crippen molar-refractivity contribution < 1.29 is 14.7 Å². The SMILES string of the molecule is CC(=O)c1cc(C(=O)O)n(C(C)CN(C)C)c1. The summed E-state index contributed by atoms with van der Waals surface area (Å²) < 4.78 is 1.64. The Hall–Kier alpha value is -1.62. The number of carboxylic acids is 1. The average Bonchev–Trinajstić information content (AvgIpc) is 2.60. The van der Waals surface area contributed by atoms with E-state index in [9.17, 15) is 9.59 Å². The van der Waals surface area contributed by atoms with Crippen LogP contribution in [-0.4, -0.2) is 47.0 Å². The van der Waals surface area contributed by atoms with E-state index in [1.54, 1.807) is 10.8 Å². The molecule has 0 saturated carbocycles. The van der Waals surface area contributed by atoms with Crippen LogP contribution in [0.15, 0.2) is 12.3 Å². The molecule has 0 aromatic carbocycles. The zero-order chi connectivity index (χ0) is 13.2. The Labute approximate surface area is 101 Å². The van der Waals surface area contributed by atoms with Crippen LogP contribution in [0.4, 0.5) is 0 Å². The van der Waals surface area contributed by atoms with Gasteiger partial charge in [0.05, 0.1) is 0 Å². The molecule has 1 rings (SSSR count). The van der Waals surface area contributed by atoms with Gasteiger partial charge in [-0.25, -0.2) is 4.79 Å². The number of aromatic carboxylic acids is 1. The Kier molecular flexibility index (Phi) is 4.07. The molecule has 5 heteroatoms. The Morgan fingerprint density at radius 1 is 1.47 bits per heavy atom. The van der Waals surface area contributed by atoms with Crippen LogP contribution in [0.1, 0.15) is 40.7 Å². The van der Waals surface area contributed by atoms with Gasteiger partial charge in [0.1, 0.15) is 5.69 Å². The molecule has 0 radical (unpaired) electrons. The number of carboxylic acid groups (broad SMARTS) is 1. The largest absolute Gasteiger partial charge is 0.477 e. The molecule has 1 aromatic rings. The number of hydrogen-bond donors (Lipinski definition) is 1. The van der Waals surface area contributed by atoms with E-state index in [0.29, 0.717) is 12.1 Å². The van der Waals surface area contributed by atoms with Crippen molar-refractivity contribution in [3.8, 4) is 0 Å². The lowest BCUT2D eigenvalue weighted by molar-refractivity contribution is 0.0682. The summed E-state index contributed by atoms with van der Waals surface area (Å²) in [4.78, 5) is 24.3. The van der Waals surface area contributed by atoms with Crippen LogP contribution in [-0.2, 0) is 0 Å². The number of Topliss-reactive ketones (excluding diaryl/α,β-unsaturated/α-hetero) is 1. The van der Waals surface area contributed by atoms with Gasteiger partial charge in [0.25, 0.3) is 0 Å². The van der Waals surface area contributed by atoms with E-state index < -0.39 is 5.97 Å². The van der Waals surface area contributed by atoms with E-state index in [2.05, 4.69) is 0 Å². The van der Waals surface area contributed by atoms with Crippen LogP contribution < -0.4 is 0 Å². The third-order valence-electron chi connectivity index (χ3n) is 2.58. The van der Waals surface area contributed by atoms with Crippen LogP contribution >= 0.6 is 0 Å². The third-order valence-corrected chi connectivity index (χ3v) is 2.58. The second-order valence-electron chi connectivity index (χ2n) is 4.49. The highest BCUT2D eigenvalue weighted by atomic mass is 16.4. The third kappa shape index (κ3) is 3.17. The highest BCUT2D eigenvalue weighted by Crippen LogP contribution is 2.16. The first-order valence-electron chi connectivity index (χ1n) is 5.43. The van der Waals surface area contributed by atoms with Gasteiger partial charge >= 0.3 is 5.97 Å². The molecule has 94 valence electrons. The van der Waals surface area contributed by atoms with Crippen LogP contribution in [0.5, 0.6) is 0 Å². The molecule has 1 N–H and O–H groups in total. The number of carbonyl (C=O) groups is 2.